The molecule has 4 rings (SSSR count). The Hall–Kier alpha value is -3.21. The van der Waals surface area contributed by atoms with E-state index in [9.17, 15) is 4.79 Å². The van der Waals surface area contributed by atoms with Crippen LogP contribution in [-0.2, 0) is 9.47 Å². The lowest BCUT2D eigenvalue weighted by molar-refractivity contribution is -0.0173. The first-order valence-electron chi connectivity index (χ1n) is 7.12. The van der Waals surface area contributed by atoms with E-state index in [4.69, 9.17) is 19.6 Å². The van der Waals surface area contributed by atoms with Crippen molar-refractivity contribution in [2.75, 3.05) is 5.73 Å². The number of anilines is 1. The van der Waals surface area contributed by atoms with Gasteiger partial charge < -0.3 is 19.6 Å². The number of hydrogen-bond acceptors (Lipinski definition) is 5. The van der Waals surface area contributed by atoms with Crippen LogP contribution in [0.15, 0.2) is 70.1 Å². The molecule has 5 nitrogen and oxygen atoms in total. The molecule has 1 aromatic heterocycles. The van der Waals surface area contributed by atoms with Crippen molar-refractivity contribution in [3.05, 3.63) is 82.4 Å². The number of para-hydroxylation sites is 2. The Kier molecular flexibility index (Phi) is 3.05. The lowest BCUT2D eigenvalue weighted by Crippen LogP contribution is -2.05. The van der Waals surface area contributed by atoms with Gasteiger partial charge in [-0.05, 0) is 24.3 Å². The minimum absolute atomic E-state index is 0.131. The zero-order valence-electron chi connectivity index (χ0n) is 12.1. The molecule has 2 N–H and O–H groups in total. The molecule has 23 heavy (non-hydrogen) atoms. The minimum atomic E-state index is -0.650. The molecule has 0 radical (unpaired) electrons. The predicted molar refractivity (Wildman–Crippen MR) is 86.2 cm³/mol. The van der Waals surface area contributed by atoms with E-state index in [-0.39, 0.29) is 5.43 Å². The number of benzene rings is 2. The normalized spacial score (nSPS) is 16.7. The summed E-state index contributed by atoms with van der Waals surface area (Å²) in [4.78, 5) is 12.2. The second-order valence-electron chi connectivity index (χ2n) is 5.17. The summed E-state index contributed by atoms with van der Waals surface area (Å²) in [5.74, 6) is 0.687. The molecule has 1 aliphatic heterocycles. The van der Waals surface area contributed by atoms with E-state index in [2.05, 4.69) is 0 Å². The Morgan fingerprint density at radius 2 is 1.78 bits per heavy atom. The quantitative estimate of drug-likeness (QED) is 0.734. The number of nitrogen functional groups attached to an aromatic ring is 1. The molecule has 3 aromatic rings. The van der Waals surface area contributed by atoms with Crippen LogP contribution in [0, 0.1) is 0 Å². The van der Waals surface area contributed by atoms with Crippen LogP contribution in [0.25, 0.3) is 16.7 Å². The van der Waals surface area contributed by atoms with Crippen molar-refractivity contribution < 1.29 is 13.9 Å². The van der Waals surface area contributed by atoms with Crippen LogP contribution in [0.4, 0.5) is 5.69 Å². The first kappa shape index (κ1) is 13.5. The molecule has 0 bridgehead atoms. The monoisotopic (exact) mass is 307 g/mol. The molecule has 1 aliphatic rings. The molecule has 0 saturated carbocycles. The summed E-state index contributed by atoms with van der Waals surface area (Å²) in [5, 5.41) is 0.527. The van der Waals surface area contributed by atoms with Gasteiger partial charge in [0.1, 0.15) is 11.8 Å². The Labute approximate surface area is 131 Å². The maximum atomic E-state index is 12.2. The third-order valence-corrected chi connectivity index (χ3v) is 3.66. The SMILES string of the molecule is Nc1ccccc1C1OC=C(c2cc(=O)c3ccccc3o2)O1. The predicted octanol–water partition coefficient (Wildman–Crippen LogP) is 3.42. The van der Waals surface area contributed by atoms with Crippen LogP contribution in [0.2, 0.25) is 0 Å². The summed E-state index contributed by atoms with van der Waals surface area (Å²) in [6, 6.07) is 15.8. The van der Waals surface area contributed by atoms with Gasteiger partial charge in [0.25, 0.3) is 6.29 Å². The smallest absolute Gasteiger partial charge is 0.269 e. The molecule has 1 atom stereocenters. The Morgan fingerprint density at radius 1 is 1.00 bits per heavy atom. The molecule has 2 aromatic carbocycles. The minimum Gasteiger partial charge on any atom is -0.454 e. The fourth-order valence-electron chi connectivity index (χ4n) is 2.50. The molecule has 114 valence electrons. The summed E-state index contributed by atoms with van der Waals surface area (Å²) in [6.07, 6.45) is 0.785. The number of nitrogens with two attached hydrogens (primary N) is 1. The highest BCUT2D eigenvalue weighted by Crippen LogP contribution is 2.35. The third kappa shape index (κ3) is 2.32. The highest BCUT2D eigenvalue weighted by Gasteiger charge is 2.26. The van der Waals surface area contributed by atoms with Crippen molar-refractivity contribution in [3.63, 3.8) is 0 Å². The van der Waals surface area contributed by atoms with Crippen LogP contribution in [0.1, 0.15) is 17.6 Å². The molecule has 0 spiro atoms. The van der Waals surface area contributed by atoms with Crippen LogP contribution in [-0.4, -0.2) is 0 Å². The standard InChI is InChI=1S/C18H13NO4/c19-13-7-3-1-5-11(13)18-21-10-17(23-18)16-9-14(20)12-6-2-4-8-15(12)22-16/h1-10,18H,19H2. The van der Waals surface area contributed by atoms with Crippen molar-refractivity contribution >= 4 is 22.4 Å². The lowest BCUT2D eigenvalue weighted by atomic mass is 10.2. The van der Waals surface area contributed by atoms with Gasteiger partial charge in [0.15, 0.2) is 11.2 Å². The molecule has 0 saturated heterocycles. The van der Waals surface area contributed by atoms with Crippen LogP contribution >= 0.6 is 0 Å². The summed E-state index contributed by atoms with van der Waals surface area (Å²) in [7, 11) is 0. The van der Waals surface area contributed by atoms with E-state index < -0.39 is 6.29 Å². The van der Waals surface area contributed by atoms with Crippen LogP contribution < -0.4 is 11.2 Å². The third-order valence-electron chi connectivity index (χ3n) is 3.66. The molecule has 5 heteroatoms. The number of fused-ring (bicyclic) bond motifs is 1. The zero-order valence-corrected chi connectivity index (χ0v) is 12.1. The average Bonchev–Trinajstić information content (AvgIpc) is 3.05. The first-order chi connectivity index (χ1) is 11.2. The van der Waals surface area contributed by atoms with Crippen LogP contribution in [0.3, 0.4) is 0 Å². The van der Waals surface area contributed by atoms with E-state index in [0.29, 0.717) is 28.2 Å². The van der Waals surface area contributed by atoms with E-state index in [1.54, 1.807) is 24.3 Å². The second-order valence-corrected chi connectivity index (χ2v) is 5.17. The van der Waals surface area contributed by atoms with Gasteiger partial charge >= 0.3 is 0 Å². The van der Waals surface area contributed by atoms with Gasteiger partial charge in [-0.25, -0.2) is 0 Å². The van der Waals surface area contributed by atoms with Gasteiger partial charge in [-0.3, -0.25) is 4.79 Å². The number of hydrogen-bond donors (Lipinski definition) is 1. The Balaban J connectivity index is 1.68. The fraction of sp³-hybridized carbons (Fsp3) is 0.0556. The van der Waals surface area contributed by atoms with Gasteiger partial charge in [0.2, 0.25) is 5.76 Å². The zero-order chi connectivity index (χ0) is 15.8. The van der Waals surface area contributed by atoms with Crippen molar-refractivity contribution in [2.45, 2.75) is 6.29 Å². The molecule has 0 fully saturated rings. The van der Waals surface area contributed by atoms with Gasteiger partial charge in [-0.2, -0.15) is 0 Å². The van der Waals surface area contributed by atoms with Gasteiger partial charge in [0, 0.05) is 11.8 Å². The highest BCUT2D eigenvalue weighted by atomic mass is 16.7. The van der Waals surface area contributed by atoms with E-state index >= 15 is 0 Å². The van der Waals surface area contributed by atoms with Gasteiger partial charge in [-0.15, -0.1) is 0 Å². The largest absolute Gasteiger partial charge is 0.454 e. The Bertz CT molecular complexity index is 974. The van der Waals surface area contributed by atoms with Crippen molar-refractivity contribution in [2.24, 2.45) is 0 Å². The van der Waals surface area contributed by atoms with Gasteiger partial charge in [0.05, 0.1) is 10.9 Å². The molecular formula is C18H13NO4. The lowest BCUT2D eigenvalue weighted by Gasteiger charge is -2.13. The molecular weight excluding hydrogens is 294 g/mol. The average molecular weight is 307 g/mol. The first-order valence-corrected chi connectivity index (χ1v) is 7.12. The van der Waals surface area contributed by atoms with Crippen molar-refractivity contribution in [3.8, 4) is 0 Å². The van der Waals surface area contributed by atoms with Crippen LogP contribution in [0.5, 0.6) is 0 Å². The molecule has 0 amide bonds. The number of ether oxygens (including phenoxy) is 2. The Morgan fingerprint density at radius 3 is 2.65 bits per heavy atom. The summed E-state index contributed by atoms with van der Waals surface area (Å²) in [6.45, 7) is 0. The van der Waals surface area contributed by atoms with Crippen molar-refractivity contribution in [1.29, 1.82) is 0 Å². The topological polar surface area (TPSA) is 74.7 Å². The summed E-state index contributed by atoms with van der Waals surface area (Å²) < 4.78 is 17.0. The molecule has 2 heterocycles. The van der Waals surface area contributed by atoms with E-state index in [0.717, 1.165) is 5.56 Å². The molecule has 1 unspecified atom stereocenters. The molecule has 0 aliphatic carbocycles. The maximum Gasteiger partial charge on any atom is 0.269 e. The fourth-order valence-corrected chi connectivity index (χ4v) is 2.50. The maximum absolute atomic E-state index is 12.2. The second kappa shape index (κ2) is 5.21. The number of rotatable bonds is 2. The van der Waals surface area contributed by atoms with E-state index in [1.165, 1.54) is 12.3 Å². The summed E-state index contributed by atoms with van der Waals surface area (Å²) in [5.41, 5.74) is 7.60. The van der Waals surface area contributed by atoms with E-state index in [1.807, 2.05) is 24.3 Å². The highest BCUT2D eigenvalue weighted by molar-refractivity contribution is 5.77. The summed E-state index contributed by atoms with van der Waals surface area (Å²) >= 11 is 0. The van der Waals surface area contributed by atoms with Crippen molar-refractivity contribution in [1.82, 2.24) is 0 Å². The van der Waals surface area contributed by atoms with Gasteiger partial charge in [-0.1, -0.05) is 24.3 Å².